The Bertz CT molecular complexity index is 1060. The summed E-state index contributed by atoms with van der Waals surface area (Å²) in [7, 11) is 0. The van der Waals surface area contributed by atoms with Gasteiger partial charge in [-0.3, -0.25) is 4.40 Å². The van der Waals surface area contributed by atoms with Gasteiger partial charge in [0, 0.05) is 21.2 Å². The second kappa shape index (κ2) is 6.28. The Morgan fingerprint density at radius 3 is 2.71 bits per heavy atom. The van der Waals surface area contributed by atoms with Crippen molar-refractivity contribution >= 4 is 51.5 Å². The summed E-state index contributed by atoms with van der Waals surface area (Å²) in [5.74, 6) is 0.707. The van der Waals surface area contributed by atoms with E-state index in [0.717, 1.165) is 21.9 Å². The molecule has 0 aliphatic carbocycles. The second-order valence-electron chi connectivity index (χ2n) is 5.55. The van der Waals surface area contributed by atoms with Crippen LogP contribution in [0.4, 0.5) is 0 Å². The van der Waals surface area contributed by atoms with E-state index in [2.05, 4.69) is 39.7 Å². The predicted molar refractivity (Wildman–Crippen MR) is 101 cm³/mol. The van der Waals surface area contributed by atoms with Crippen LogP contribution in [-0.2, 0) is 5.75 Å². The first kappa shape index (κ1) is 15.8. The molecular formula is C18H13Cl2N3S. The molecule has 2 heterocycles. The topological polar surface area (TPSA) is 30.2 Å². The molecule has 120 valence electrons. The van der Waals surface area contributed by atoms with Crippen LogP contribution in [0.15, 0.2) is 53.7 Å². The van der Waals surface area contributed by atoms with Crippen LogP contribution in [-0.4, -0.2) is 14.6 Å². The van der Waals surface area contributed by atoms with Crippen LogP contribution in [0.1, 0.15) is 11.1 Å². The zero-order valence-corrected chi connectivity index (χ0v) is 15.2. The number of halogens is 2. The standard InChI is InChI=1S/C18H13Cl2N3S/c1-11-8-17-21-22-18(23(17)16-5-3-2-4-14(11)16)24-10-12-6-7-13(19)9-15(12)20/h2-9H,10H2,1H3. The first-order valence-electron chi connectivity index (χ1n) is 7.44. The number of aromatic nitrogens is 3. The third-order valence-corrected chi connectivity index (χ3v) is 5.51. The van der Waals surface area contributed by atoms with E-state index in [1.54, 1.807) is 17.8 Å². The van der Waals surface area contributed by atoms with E-state index in [9.17, 15) is 0 Å². The minimum Gasteiger partial charge on any atom is -0.270 e. The summed E-state index contributed by atoms with van der Waals surface area (Å²) in [6.45, 7) is 2.09. The molecule has 0 saturated carbocycles. The quantitative estimate of drug-likeness (QED) is 0.425. The molecule has 0 fully saturated rings. The SMILES string of the molecule is Cc1cc2nnc(SCc3ccc(Cl)cc3Cl)n2c2ccccc12. The van der Waals surface area contributed by atoms with Gasteiger partial charge in [-0.25, -0.2) is 0 Å². The van der Waals surface area contributed by atoms with E-state index in [1.807, 2.05) is 24.3 Å². The molecule has 4 rings (SSSR count). The van der Waals surface area contributed by atoms with E-state index < -0.39 is 0 Å². The van der Waals surface area contributed by atoms with Crippen LogP contribution in [0.5, 0.6) is 0 Å². The highest BCUT2D eigenvalue weighted by atomic mass is 35.5. The summed E-state index contributed by atoms with van der Waals surface area (Å²) in [4.78, 5) is 0. The van der Waals surface area contributed by atoms with Crippen LogP contribution >= 0.6 is 35.0 Å². The lowest BCUT2D eigenvalue weighted by Crippen LogP contribution is -1.93. The Morgan fingerprint density at radius 2 is 1.88 bits per heavy atom. The maximum atomic E-state index is 6.26. The van der Waals surface area contributed by atoms with Crippen LogP contribution in [0.2, 0.25) is 10.0 Å². The molecule has 24 heavy (non-hydrogen) atoms. The van der Waals surface area contributed by atoms with Crippen molar-refractivity contribution < 1.29 is 0 Å². The van der Waals surface area contributed by atoms with Crippen LogP contribution in [0, 0.1) is 6.92 Å². The van der Waals surface area contributed by atoms with E-state index in [0.29, 0.717) is 15.8 Å². The molecular weight excluding hydrogens is 361 g/mol. The molecule has 0 unspecified atom stereocenters. The van der Waals surface area contributed by atoms with Gasteiger partial charge in [-0.2, -0.15) is 0 Å². The molecule has 6 heteroatoms. The van der Waals surface area contributed by atoms with E-state index in [4.69, 9.17) is 23.2 Å². The highest BCUT2D eigenvalue weighted by Gasteiger charge is 2.12. The minimum absolute atomic E-state index is 0.642. The maximum Gasteiger partial charge on any atom is 0.196 e. The lowest BCUT2D eigenvalue weighted by Gasteiger charge is -2.08. The molecule has 3 nitrogen and oxygen atoms in total. The van der Waals surface area contributed by atoms with Crippen LogP contribution in [0.3, 0.4) is 0 Å². The molecule has 4 aromatic rings. The first-order valence-corrected chi connectivity index (χ1v) is 9.18. The Balaban J connectivity index is 1.76. The van der Waals surface area contributed by atoms with E-state index in [1.165, 1.54) is 10.9 Å². The Labute approximate surface area is 153 Å². The fourth-order valence-corrected chi connectivity index (χ4v) is 4.26. The number of nitrogens with zero attached hydrogens (tertiary/aromatic N) is 3. The number of pyridine rings is 1. The van der Waals surface area contributed by atoms with Crippen LogP contribution in [0.25, 0.3) is 16.6 Å². The number of benzene rings is 2. The lowest BCUT2D eigenvalue weighted by molar-refractivity contribution is 0.939. The monoisotopic (exact) mass is 373 g/mol. The Morgan fingerprint density at radius 1 is 1.04 bits per heavy atom. The van der Waals surface area contributed by atoms with Crippen molar-refractivity contribution in [3.05, 3.63) is 69.7 Å². The van der Waals surface area contributed by atoms with Crippen LogP contribution < -0.4 is 0 Å². The smallest absolute Gasteiger partial charge is 0.196 e. The molecule has 0 saturated heterocycles. The maximum absolute atomic E-state index is 6.26. The average Bonchev–Trinajstić information content (AvgIpc) is 2.97. The van der Waals surface area contributed by atoms with Gasteiger partial charge in [-0.1, -0.05) is 59.2 Å². The molecule has 0 bridgehead atoms. The largest absolute Gasteiger partial charge is 0.270 e. The van der Waals surface area contributed by atoms with Crippen molar-refractivity contribution in [1.82, 2.24) is 14.6 Å². The van der Waals surface area contributed by atoms with Crippen molar-refractivity contribution in [3.63, 3.8) is 0 Å². The van der Waals surface area contributed by atoms with Crippen molar-refractivity contribution in [2.24, 2.45) is 0 Å². The average molecular weight is 374 g/mol. The first-order chi connectivity index (χ1) is 11.6. The van der Waals surface area contributed by atoms with Gasteiger partial charge < -0.3 is 0 Å². The van der Waals surface area contributed by atoms with Crippen molar-refractivity contribution in [2.45, 2.75) is 17.8 Å². The fourth-order valence-electron chi connectivity index (χ4n) is 2.75. The Kier molecular flexibility index (Phi) is 4.12. The molecule has 0 amide bonds. The third-order valence-electron chi connectivity index (χ3n) is 3.95. The molecule has 0 radical (unpaired) electrons. The summed E-state index contributed by atoms with van der Waals surface area (Å²) >= 11 is 13.8. The number of para-hydroxylation sites is 1. The number of rotatable bonds is 3. The molecule has 0 spiro atoms. The predicted octanol–water partition coefficient (Wildman–Crippen LogP) is 5.79. The molecule has 2 aromatic heterocycles. The van der Waals surface area contributed by atoms with E-state index >= 15 is 0 Å². The minimum atomic E-state index is 0.642. The summed E-state index contributed by atoms with van der Waals surface area (Å²) in [6, 6.07) is 15.9. The number of hydrogen-bond donors (Lipinski definition) is 0. The molecule has 0 aliphatic rings. The van der Waals surface area contributed by atoms with Gasteiger partial charge in [0.1, 0.15) is 0 Å². The van der Waals surface area contributed by atoms with Gasteiger partial charge in [0.2, 0.25) is 0 Å². The van der Waals surface area contributed by atoms with Gasteiger partial charge in [0.05, 0.1) is 5.52 Å². The van der Waals surface area contributed by atoms with Gasteiger partial charge in [-0.05, 0) is 42.3 Å². The summed E-state index contributed by atoms with van der Waals surface area (Å²) in [5.41, 5.74) is 4.19. The highest BCUT2D eigenvalue weighted by molar-refractivity contribution is 7.98. The van der Waals surface area contributed by atoms with Gasteiger partial charge >= 0.3 is 0 Å². The van der Waals surface area contributed by atoms with E-state index in [-0.39, 0.29) is 0 Å². The fraction of sp³-hybridized carbons (Fsp3) is 0.111. The Hall–Kier alpha value is -1.75. The number of fused-ring (bicyclic) bond motifs is 3. The second-order valence-corrected chi connectivity index (χ2v) is 7.33. The molecule has 0 atom stereocenters. The summed E-state index contributed by atoms with van der Waals surface area (Å²) in [6.07, 6.45) is 0. The van der Waals surface area contributed by atoms with Crippen molar-refractivity contribution in [1.29, 1.82) is 0 Å². The molecule has 0 aliphatic heterocycles. The summed E-state index contributed by atoms with van der Waals surface area (Å²) in [5, 5.41) is 12.0. The van der Waals surface area contributed by atoms with Gasteiger partial charge in [0.15, 0.2) is 10.8 Å². The summed E-state index contributed by atoms with van der Waals surface area (Å²) < 4.78 is 2.09. The lowest BCUT2D eigenvalue weighted by atomic mass is 10.1. The molecule has 0 N–H and O–H groups in total. The van der Waals surface area contributed by atoms with Gasteiger partial charge in [-0.15, -0.1) is 10.2 Å². The number of thioether (sulfide) groups is 1. The normalized spacial score (nSPS) is 11.5. The number of hydrogen-bond acceptors (Lipinski definition) is 3. The number of aryl methyl sites for hydroxylation is 1. The third kappa shape index (κ3) is 2.75. The highest BCUT2D eigenvalue weighted by Crippen LogP contribution is 2.30. The van der Waals surface area contributed by atoms with Crippen molar-refractivity contribution in [3.8, 4) is 0 Å². The zero-order chi connectivity index (χ0) is 16.7. The van der Waals surface area contributed by atoms with Gasteiger partial charge in [0.25, 0.3) is 0 Å². The zero-order valence-electron chi connectivity index (χ0n) is 12.8. The van der Waals surface area contributed by atoms with Crippen molar-refractivity contribution in [2.75, 3.05) is 0 Å². The molecule has 2 aromatic carbocycles.